The van der Waals surface area contributed by atoms with Crippen LogP contribution in [-0.2, 0) is 6.42 Å². The van der Waals surface area contributed by atoms with Gasteiger partial charge in [-0.3, -0.25) is 0 Å². The summed E-state index contributed by atoms with van der Waals surface area (Å²) in [6, 6.07) is 17.9. The largest absolute Gasteiger partial charge is 0.368 e. The molecular weight excluding hydrogens is 348 g/mol. The second kappa shape index (κ2) is 8.49. The van der Waals surface area contributed by atoms with Crippen molar-refractivity contribution in [1.82, 2.24) is 15.0 Å². The van der Waals surface area contributed by atoms with Gasteiger partial charge >= 0.3 is 0 Å². The lowest BCUT2D eigenvalue weighted by Gasteiger charge is -2.15. The Balaban J connectivity index is 1.62. The molecule has 0 saturated heterocycles. The summed E-state index contributed by atoms with van der Waals surface area (Å²) in [5.74, 6) is 1.06. The summed E-state index contributed by atoms with van der Waals surface area (Å²) in [7, 11) is 0. The molecule has 3 aromatic rings. The van der Waals surface area contributed by atoms with Crippen molar-refractivity contribution < 1.29 is 0 Å². The maximum absolute atomic E-state index is 6.00. The van der Waals surface area contributed by atoms with Crippen LogP contribution >= 0.6 is 11.6 Å². The number of halogens is 1. The Hall–Kier alpha value is -2.86. The van der Waals surface area contributed by atoms with E-state index in [2.05, 4.69) is 25.6 Å². The third kappa shape index (κ3) is 5.07. The van der Waals surface area contributed by atoms with Crippen molar-refractivity contribution in [3.05, 3.63) is 70.7 Å². The Morgan fingerprint density at radius 2 is 1.77 bits per heavy atom. The van der Waals surface area contributed by atoms with E-state index in [0.29, 0.717) is 18.4 Å². The van der Waals surface area contributed by atoms with Crippen LogP contribution in [0.25, 0.3) is 0 Å². The normalized spacial score (nSPS) is 11.8. The first-order chi connectivity index (χ1) is 12.6. The van der Waals surface area contributed by atoms with Crippen molar-refractivity contribution in [2.24, 2.45) is 0 Å². The zero-order chi connectivity index (χ0) is 18.4. The molecule has 0 amide bonds. The summed E-state index contributed by atoms with van der Waals surface area (Å²) in [6.07, 6.45) is 0.801. The van der Waals surface area contributed by atoms with Crippen LogP contribution in [0.15, 0.2) is 54.6 Å². The number of aromatic nitrogens is 3. The minimum Gasteiger partial charge on any atom is -0.368 e. The standard InChI is InChI=1S/C19H21ClN6/c1-13(15-7-3-2-4-8-15)23-19-25-17(21)24-18(26-19)22-11-10-14-6-5-9-16(20)12-14/h2-9,12-13H,10-11H2,1H3,(H4,21,22,23,24,25,26)/t13-/m0/s1. The zero-order valence-electron chi connectivity index (χ0n) is 14.5. The van der Waals surface area contributed by atoms with E-state index < -0.39 is 0 Å². The molecule has 1 aromatic heterocycles. The number of nitrogens with two attached hydrogens (primary N) is 1. The molecule has 4 N–H and O–H groups in total. The molecule has 0 bridgehead atoms. The first-order valence-electron chi connectivity index (χ1n) is 8.41. The predicted octanol–water partition coefficient (Wildman–Crippen LogP) is 3.93. The Morgan fingerprint density at radius 1 is 1.00 bits per heavy atom. The maximum Gasteiger partial charge on any atom is 0.229 e. The van der Waals surface area contributed by atoms with Gasteiger partial charge in [-0.2, -0.15) is 15.0 Å². The monoisotopic (exact) mass is 368 g/mol. The molecule has 0 aliphatic carbocycles. The second-order valence-corrected chi connectivity index (χ2v) is 6.36. The molecule has 7 heteroatoms. The molecule has 0 radical (unpaired) electrons. The zero-order valence-corrected chi connectivity index (χ0v) is 15.2. The number of benzene rings is 2. The Kier molecular flexibility index (Phi) is 5.86. The van der Waals surface area contributed by atoms with Crippen molar-refractivity contribution in [2.75, 3.05) is 22.9 Å². The SMILES string of the molecule is C[C@H](Nc1nc(N)nc(NCCc2cccc(Cl)c2)n1)c1ccccc1. The highest BCUT2D eigenvalue weighted by Gasteiger charge is 2.09. The Bertz CT molecular complexity index is 856. The van der Waals surface area contributed by atoms with E-state index in [1.165, 1.54) is 0 Å². The van der Waals surface area contributed by atoms with Gasteiger partial charge in [0.25, 0.3) is 0 Å². The fraction of sp³-hybridized carbons (Fsp3) is 0.211. The third-order valence-electron chi connectivity index (χ3n) is 3.88. The topological polar surface area (TPSA) is 88.8 Å². The molecule has 0 spiro atoms. The van der Waals surface area contributed by atoms with Gasteiger partial charge in [-0.1, -0.05) is 54.1 Å². The van der Waals surface area contributed by atoms with E-state index in [9.17, 15) is 0 Å². The van der Waals surface area contributed by atoms with Gasteiger partial charge in [0.2, 0.25) is 17.8 Å². The van der Waals surface area contributed by atoms with Gasteiger partial charge in [0.1, 0.15) is 0 Å². The molecule has 0 aliphatic rings. The summed E-state index contributed by atoms with van der Waals surface area (Å²) < 4.78 is 0. The molecule has 0 unspecified atom stereocenters. The minimum absolute atomic E-state index is 0.0531. The first-order valence-corrected chi connectivity index (χ1v) is 8.79. The molecule has 2 aromatic carbocycles. The van der Waals surface area contributed by atoms with Crippen LogP contribution < -0.4 is 16.4 Å². The number of hydrogen-bond acceptors (Lipinski definition) is 6. The Morgan fingerprint density at radius 3 is 2.54 bits per heavy atom. The molecular formula is C19H21ClN6. The predicted molar refractivity (Wildman–Crippen MR) is 106 cm³/mol. The third-order valence-corrected chi connectivity index (χ3v) is 4.12. The quantitative estimate of drug-likeness (QED) is 0.585. The van der Waals surface area contributed by atoms with Crippen LogP contribution in [0.4, 0.5) is 17.8 Å². The van der Waals surface area contributed by atoms with Crippen LogP contribution in [-0.4, -0.2) is 21.5 Å². The van der Waals surface area contributed by atoms with Gasteiger partial charge in [0, 0.05) is 11.6 Å². The number of rotatable bonds is 7. The average Bonchev–Trinajstić information content (AvgIpc) is 2.62. The number of anilines is 3. The second-order valence-electron chi connectivity index (χ2n) is 5.92. The van der Waals surface area contributed by atoms with Crippen LogP contribution in [0.2, 0.25) is 5.02 Å². The van der Waals surface area contributed by atoms with E-state index in [1.807, 2.05) is 61.5 Å². The molecule has 0 fully saturated rings. The highest BCUT2D eigenvalue weighted by molar-refractivity contribution is 6.30. The summed E-state index contributed by atoms with van der Waals surface area (Å²) in [6.45, 7) is 2.71. The molecule has 1 heterocycles. The summed E-state index contributed by atoms with van der Waals surface area (Å²) in [5.41, 5.74) is 8.10. The van der Waals surface area contributed by atoms with Crippen molar-refractivity contribution in [3.63, 3.8) is 0 Å². The van der Waals surface area contributed by atoms with Gasteiger partial charge in [-0.25, -0.2) is 0 Å². The number of nitrogens with one attached hydrogen (secondary N) is 2. The van der Waals surface area contributed by atoms with Gasteiger partial charge in [0.15, 0.2) is 0 Å². The van der Waals surface area contributed by atoms with Crippen LogP contribution in [0.1, 0.15) is 24.1 Å². The smallest absolute Gasteiger partial charge is 0.229 e. The summed E-state index contributed by atoms with van der Waals surface area (Å²) in [5, 5.41) is 7.17. The van der Waals surface area contributed by atoms with E-state index >= 15 is 0 Å². The van der Waals surface area contributed by atoms with Gasteiger partial charge in [0.05, 0.1) is 6.04 Å². The van der Waals surface area contributed by atoms with Crippen molar-refractivity contribution in [3.8, 4) is 0 Å². The molecule has 6 nitrogen and oxygen atoms in total. The van der Waals surface area contributed by atoms with E-state index in [1.54, 1.807) is 0 Å². The van der Waals surface area contributed by atoms with E-state index in [0.717, 1.165) is 22.6 Å². The number of nitrogen functional groups attached to an aromatic ring is 1. The highest BCUT2D eigenvalue weighted by atomic mass is 35.5. The molecule has 3 rings (SSSR count). The fourth-order valence-electron chi connectivity index (χ4n) is 2.57. The average molecular weight is 369 g/mol. The van der Waals surface area contributed by atoms with E-state index in [4.69, 9.17) is 17.3 Å². The van der Waals surface area contributed by atoms with Crippen LogP contribution in [0.3, 0.4) is 0 Å². The summed E-state index contributed by atoms with van der Waals surface area (Å²) >= 11 is 6.00. The van der Waals surface area contributed by atoms with Gasteiger partial charge in [-0.15, -0.1) is 0 Å². The molecule has 1 atom stereocenters. The molecule has 134 valence electrons. The van der Waals surface area contributed by atoms with Crippen LogP contribution in [0, 0.1) is 0 Å². The van der Waals surface area contributed by atoms with Gasteiger partial charge < -0.3 is 16.4 Å². The summed E-state index contributed by atoms with van der Waals surface area (Å²) in [4.78, 5) is 12.7. The minimum atomic E-state index is 0.0531. The highest BCUT2D eigenvalue weighted by Crippen LogP contribution is 2.17. The van der Waals surface area contributed by atoms with E-state index in [-0.39, 0.29) is 12.0 Å². The van der Waals surface area contributed by atoms with Crippen molar-refractivity contribution in [1.29, 1.82) is 0 Å². The first kappa shape index (κ1) is 17.9. The van der Waals surface area contributed by atoms with Crippen molar-refractivity contribution in [2.45, 2.75) is 19.4 Å². The lowest BCUT2D eigenvalue weighted by Crippen LogP contribution is -2.14. The molecule has 26 heavy (non-hydrogen) atoms. The molecule has 0 saturated carbocycles. The fourth-order valence-corrected chi connectivity index (χ4v) is 2.78. The lowest BCUT2D eigenvalue weighted by atomic mass is 10.1. The maximum atomic E-state index is 6.00. The van der Waals surface area contributed by atoms with Gasteiger partial charge in [-0.05, 0) is 36.6 Å². The Labute approximate surface area is 157 Å². The van der Waals surface area contributed by atoms with Crippen molar-refractivity contribution >= 4 is 29.4 Å². The molecule has 0 aliphatic heterocycles. The number of nitrogens with zero attached hydrogens (tertiary/aromatic N) is 3. The lowest BCUT2D eigenvalue weighted by molar-refractivity contribution is 0.854. The number of hydrogen-bond donors (Lipinski definition) is 3. The van der Waals surface area contributed by atoms with Crippen LogP contribution in [0.5, 0.6) is 0 Å².